The van der Waals surface area contributed by atoms with E-state index in [-0.39, 0.29) is 11.9 Å². The van der Waals surface area contributed by atoms with Crippen LogP contribution in [0.15, 0.2) is 60.3 Å². The predicted molar refractivity (Wildman–Crippen MR) is 111 cm³/mol. The minimum absolute atomic E-state index is 0.212. The number of hydrogen-bond donors (Lipinski definition) is 0. The predicted octanol–water partition coefficient (Wildman–Crippen LogP) is 5.65. The van der Waals surface area contributed by atoms with E-state index in [0.29, 0.717) is 23.0 Å². The van der Waals surface area contributed by atoms with Crippen LogP contribution in [0.3, 0.4) is 0 Å². The largest absolute Gasteiger partial charge is 0.482 e. The molecule has 0 aliphatic heterocycles. The summed E-state index contributed by atoms with van der Waals surface area (Å²) in [5.74, 6) is 1.81. The number of hydrogen-bond acceptors (Lipinski definition) is 4. The molecule has 146 valence electrons. The van der Waals surface area contributed by atoms with Gasteiger partial charge in [-0.15, -0.1) is 16.8 Å². The van der Waals surface area contributed by atoms with E-state index in [1.54, 1.807) is 18.2 Å². The summed E-state index contributed by atoms with van der Waals surface area (Å²) in [7, 11) is 0. The molecule has 1 atom stereocenters. The third kappa shape index (κ3) is 4.62. The number of halogens is 1. The van der Waals surface area contributed by atoms with E-state index in [9.17, 15) is 4.39 Å². The summed E-state index contributed by atoms with van der Waals surface area (Å²) < 4.78 is 22.0. The number of ether oxygens (including phenoxy) is 1. The van der Waals surface area contributed by atoms with Gasteiger partial charge in [-0.05, 0) is 44.0 Å². The Bertz CT molecular complexity index is 970. The standard InChI is InChI=1S/C22H24FN3OS/c1-5-12-26-21(17(4)27-20-11-10-15(2)13-16(20)3)24-25-22(26)28-14-18-8-6-7-9-19(18)23/h5-11,13,17H,1,12,14H2,2-4H3. The number of allylic oxidation sites excluding steroid dienone is 1. The number of rotatable bonds is 8. The summed E-state index contributed by atoms with van der Waals surface area (Å²) >= 11 is 1.45. The van der Waals surface area contributed by atoms with E-state index in [1.165, 1.54) is 23.4 Å². The highest BCUT2D eigenvalue weighted by Gasteiger charge is 2.20. The first-order valence-corrected chi connectivity index (χ1v) is 10.1. The maximum atomic E-state index is 13.9. The van der Waals surface area contributed by atoms with Crippen molar-refractivity contribution in [3.8, 4) is 5.75 Å². The minimum Gasteiger partial charge on any atom is -0.482 e. The molecule has 0 aliphatic carbocycles. The molecule has 0 spiro atoms. The van der Waals surface area contributed by atoms with Gasteiger partial charge < -0.3 is 4.74 Å². The van der Waals surface area contributed by atoms with Crippen LogP contribution >= 0.6 is 11.8 Å². The van der Waals surface area contributed by atoms with Crippen molar-refractivity contribution in [2.24, 2.45) is 0 Å². The Morgan fingerprint density at radius 2 is 2.00 bits per heavy atom. The van der Waals surface area contributed by atoms with Gasteiger partial charge in [0, 0.05) is 12.3 Å². The number of aromatic nitrogens is 3. The first kappa shape index (κ1) is 20.1. The molecule has 0 aliphatic rings. The molecular formula is C22H24FN3OS. The molecule has 28 heavy (non-hydrogen) atoms. The molecule has 1 unspecified atom stereocenters. The molecule has 0 saturated carbocycles. The van der Waals surface area contributed by atoms with Crippen LogP contribution in [0.25, 0.3) is 0 Å². The number of aryl methyl sites for hydroxylation is 2. The summed E-state index contributed by atoms with van der Waals surface area (Å²) in [5.41, 5.74) is 2.91. The fourth-order valence-corrected chi connectivity index (χ4v) is 3.88. The highest BCUT2D eigenvalue weighted by atomic mass is 32.2. The summed E-state index contributed by atoms with van der Waals surface area (Å²) in [6, 6.07) is 12.9. The average molecular weight is 398 g/mol. The Labute approximate surface area is 169 Å². The highest BCUT2D eigenvalue weighted by Crippen LogP contribution is 2.28. The van der Waals surface area contributed by atoms with E-state index in [4.69, 9.17) is 4.74 Å². The number of thioether (sulfide) groups is 1. The third-order valence-corrected chi connectivity index (χ3v) is 5.39. The Morgan fingerprint density at radius 3 is 2.71 bits per heavy atom. The van der Waals surface area contributed by atoms with Crippen LogP contribution in [0.1, 0.15) is 35.5 Å². The van der Waals surface area contributed by atoms with Crippen LogP contribution in [-0.2, 0) is 12.3 Å². The topological polar surface area (TPSA) is 39.9 Å². The maximum Gasteiger partial charge on any atom is 0.191 e. The van der Waals surface area contributed by atoms with Crippen molar-refractivity contribution in [1.82, 2.24) is 14.8 Å². The zero-order chi connectivity index (χ0) is 20.1. The second kappa shape index (κ2) is 9.06. The smallest absolute Gasteiger partial charge is 0.191 e. The molecule has 2 aromatic carbocycles. The Hall–Kier alpha value is -2.60. The van der Waals surface area contributed by atoms with Crippen LogP contribution < -0.4 is 4.74 Å². The Morgan fingerprint density at radius 1 is 1.21 bits per heavy atom. The highest BCUT2D eigenvalue weighted by molar-refractivity contribution is 7.98. The van der Waals surface area contributed by atoms with Crippen molar-refractivity contribution in [2.75, 3.05) is 0 Å². The quantitative estimate of drug-likeness (QED) is 0.364. The lowest BCUT2D eigenvalue weighted by atomic mass is 10.1. The van der Waals surface area contributed by atoms with Crippen molar-refractivity contribution >= 4 is 11.8 Å². The summed E-state index contributed by atoms with van der Waals surface area (Å²) in [4.78, 5) is 0. The minimum atomic E-state index is -0.281. The zero-order valence-electron chi connectivity index (χ0n) is 16.4. The van der Waals surface area contributed by atoms with Crippen molar-refractivity contribution in [3.05, 3.63) is 83.5 Å². The van der Waals surface area contributed by atoms with Gasteiger partial charge in [-0.3, -0.25) is 4.57 Å². The van der Waals surface area contributed by atoms with Crippen molar-refractivity contribution in [3.63, 3.8) is 0 Å². The first-order valence-electron chi connectivity index (χ1n) is 9.13. The van der Waals surface area contributed by atoms with E-state index >= 15 is 0 Å². The van der Waals surface area contributed by atoms with E-state index in [0.717, 1.165) is 17.1 Å². The van der Waals surface area contributed by atoms with Crippen LogP contribution in [-0.4, -0.2) is 14.8 Å². The summed E-state index contributed by atoms with van der Waals surface area (Å²) in [5, 5.41) is 9.36. The molecule has 0 amide bonds. The molecule has 4 nitrogen and oxygen atoms in total. The van der Waals surface area contributed by atoms with Crippen molar-refractivity contribution in [2.45, 2.75) is 44.3 Å². The lowest BCUT2D eigenvalue weighted by Crippen LogP contribution is -2.12. The second-order valence-corrected chi connectivity index (χ2v) is 7.59. The molecule has 3 rings (SSSR count). The average Bonchev–Trinajstić information content (AvgIpc) is 3.06. The molecule has 0 N–H and O–H groups in total. The zero-order valence-corrected chi connectivity index (χ0v) is 17.2. The van der Waals surface area contributed by atoms with Gasteiger partial charge in [-0.1, -0.05) is 53.7 Å². The number of nitrogens with zero attached hydrogens (tertiary/aromatic N) is 3. The van der Waals surface area contributed by atoms with Gasteiger partial charge in [0.2, 0.25) is 0 Å². The molecule has 0 bridgehead atoms. The third-order valence-electron chi connectivity index (χ3n) is 4.37. The van der Waals surface area contributed by atoms with E-state index in [1.807, 2.05) is 36.6 Å². The summed E-state index contributed by atoms with van der Waals surface area (Å²) in [6.07, 6.45) is 1.51. The van der Waals surface area contributed by atoms with Crippen LogP contribution in [0.4, 0.5) is 4.39 Å². The summed E-state index contributed by atoms with van der Waals surface area (Å²) in [6.45, 7) is 10.4. The van der Waals surface area contributed by atoms with Gasteiger partial charge in [-0.25, -0.2) is 4.39 Å². The fourth-order valence-electron chi connectivity index (χ4n) is 2.94. The first-order chi connectivity index (χ1) is 13.5. The molecule has 3 aromatic rings. The van der Waals surface area contributed by atoms with Crippen LogP contribution in [0.5, 0.6) is 5.75 Å². The van der Waals surface area contributed by atoms with Gasteiger partial charge >= 0.3 is 0 Å². The van der Waals surface area contributed by atoms with Crippen molar-refractivity contribution < 1.29 is 9.13 Å². The Kier molecular flexibility index (Phi) is 6.52. The van der Waals surface area contributed by atoms with Gasteiger partial charge in [0.1, 0.15) is 11.6 Å². The molecule has 0 fully saturated rings. The van der Waals surface area contributed by atoms with E-state index in [2.05, 4.69) is 29.8 Å². The van der Waals surface area contributed by atoms with Gasteiger partial charge in [0.25, 0.3) is 0 Å². The molecule has 0 saturated heterocycles. The monoisotopic (exact) mass is 397 g/mol. The van der Waals surface area contributed by atoms with Gasteiger partial charge in [0.15, 0.2) is 17.1 Å². The molecule has 6 heteroatoms. The molecule has 1 aromatic heterocycles. The van der Waals surface area contributed by atoms with E-state index < -0.39 is 0 Å². The number of benzene rings is 2. The van der Waals surface area contributed by atoms with Gasteiger partial charge in [-0.2, -0.15) is 0 Å². The van der Waals surface area contributed by atoms with Crippen LogP contribution in [0.2, 0.25) is 0 Å². The van der Waals surface area contributed by atoms with Crippen LogP contribution in [0, 0.1) is 19.7 Å². The second-order valence-electron chi connectivity index (χ2n) is 6.65. The Balaban J connectivity index is 1.79. The molecule has 1 heterocycles. The lowest BCUT2D eigenvalue weighted by Gasteiger charge is -2.17. The van der Waals surface area contributed by atoms with Crippen molar-refractivity contribution in [1.29, 1.82) is 0 Å². The molecular weight excluding hydrogens is 373 g/mol. The lowest BCUT2D eigenvalue weighted by molar-refractivity contribution is 0.209. The normalized spacial score (nSPS) is 12.0. The molecule has 0 radical (unpaired) electrons. The maximum absolute atomic E-state index is 13.9. The SMILES string of the molecule is C=CCn1c(SCc2ccccc2F)nnc1C(C)Oc1ccc(C)cc1C. The van der Waals surface area contributed by atoms with Gasteiger partial charge in [0.05, 0.1) is 0 Å². The fraction of sp³-hybridized carbons (Fsp3) is 0.273.